The predicted octanol–water partition coefficient (Wildman–Crippen LogP) is 4.13. The second-order valence-corrected chi connectivity index (χ2v) is 11.8. The normalized spacial score (nSPS) is 40.6. The lowest BCUT2D eigenvalue weighted by Crippen LogP contribution is -2.61. The number of rotatable bonds is 3. The number of thiophene rings is 1. The van der Waals surface area contributed by atoms with Crippen LogP contribution in [0.5, 0.6) is 0 Å². The Balaban J connectivity index is 1.25. The molecule has 4 bridgehead atoms. The van der Waals surface area contributed by atoms with Crippen LogP contribution in [0.15, 0.2) is 17.5 Å². The minimum absolute atomic E-state index is 0.0382. The highest BCUT2D eigenvalue weighted by molar-refractivity contribution is 9.10. The number of nitrogens with zero attached hydrogens (tertiary/aromatic N) is 2. The third kappa shape index (κ3) is 3.00. The van der Waals surface area contributed by atoms with Gasteiger partial charge in [-0.3, -0.25) is 9.69 Å². The fourth-order valence-electron chi connectivity index (χ4n) is 6.47. The lowest BCUT2D eigenvalue weighted by molar-refractivity contribution is -0.157. The van der Waals surface area contributed by atoms with Gasteiger partial charge in [-0.05, 0) is 61.8 Å². The van der Waals surface area contributed by atoms with Gasteiger partial charge in [-0.15, -0.1) is 11.3 Å². The van der Waals surface area contributed by atoms with E-state index in [1.807, 2.05) is 11.3 Å². The molecule has 0 spiro atoms. The SMILES string of the molecule is O=C(N1CCN(Cc2cccs2)CC1)C12CC3CC(CC(Br)(C3)C1)C2. The van der Waals surface area contributed by atoms with Crippen molar-refractivity contribution < 1.29 is 4.79 Å². The molecule has 5 heteroatoms. The summed E-state index contributed by atoms with van der Waals surface area (Å²) >= 11 is 5.88. The molecule has 1 aliphatic heterocycles. The maximum absolute atomic E-state index is 13.5. The van der Waals surface area contributed by atoms with E-state index in [0.717, 1.165) is 63.8 Å². The van der Waals surface area contributed by atoms with Crippen molar-refractivity contribution in [2.75, 3.05) is 26.2 Å². The summed E-state index contributed by atoms with van der Waals surface area (Å²) in [5.41, 5.74) is -0.0382. The molecule has 0 aromatic carbocycles. The lowest BCUT2D eigenvalue weighted by Gasteiger charge is -2.60. The van der Waals surface area contributed by atoms with Gasteiger partial charge in [0.25, 0.3) is 0 Å². The molecule has 0 N–H and O–H groups in total. The average Bonchev–Trinajstić information content (AvgIpc) is 3.05. The Labute approximate surface area is 162 Å². The van der Waals surface area contributed by atoms with Gasteiger partial charge in [0.1, 0.15) is 0 Å². The van der Waals surface area contributed by atoms with E-state index in [0.29, 0.717) is 5.91 Å². The predicted molar refractivity (Wildman–Crippen MR) is 105 cm³/mol. The molecular formula is C20H27BrN2OS. The first-order chi connectivity index (χ1) is 12.0. The molecular weight excluding hydrogens is 396 g/mol. The van der Waals surface area contributed by atoms with Gasteiger partial charge < -0.3 is 4.90 Å². The number of piperazine rings is 1. The van der Waals surface area contributed by atoms with Crippen molar-refractivity contribution in [2.24, 2.45) is 17.3 Å². The van der Waals surface area contributed by atoms with Gasteiger partial charge in [0.15, 0.2) is 0 Å². The van der Waals surface area contributed by atoms with Gasteiger partial charge in [-0.25, -0.2) is 0 Å². The summed E-state index contributed by atoms with van der Waals surface area (Å²) in [6, 6.07) is 4.34. The highest BCUT2D eigenvalue weighted by Crippen LogP contribution is 2.64. The molecule has 3 nitrogen and oxygen atoms in total. The first-order valence-electron chi connectivity index (χ1n) is 9.77. The molecule has 6 rings (SSSR count). The molecule has 25 heavy (non-hydrogen) atoms. The topological polar surface area (TPSA) is 23.6 Å². The summed E-state index contributed by atoms with van der Waals surface area (Å²) in [5.74, 6) is 2.05. The van der Waals surface area contributed by atoms with Crippen molar-refractivity contribution in [3.8, 4) is 0 Å². The second kappa shape index (κ2) is 6.07. The van der Waals surface area contributed by atoms with Crippen LogP contribution >= 0.6 is 27.3 Å². The highest BCUT2D eigenvalue weighted by atomic mass is 79.9. The minimum Gasteiger partial charge on any atom is -0.340 e. The van der Waals surface area contributed by atoms with Gasteiger partial charge in [0.05, 0.1) is 5.41 Å². The molecule has 2 heterocycles. The summed E-state index contributed by atoms with van der Waals surface area (Å²) in [6.45, 7) is 4.91. The lowest BCUT2D eigenvalue weighted by atomic mass is 9.49. The van der Waals surface area contributed by atoms with Gasteiger partial charge in [0, 0.05) is 41.9 Å². The van der Waals surface area contributed by atoms with Crippen LogP contribution in [0.3, 0.4) is 0 Å². The number of halogens is 1. The smallest absolute Gasteiger partial charge is 0.228 e. The first kappa shape index (κ1) is 16.8. The molecule has 5 aliphatic rings. The number of hydrogen-bond acceptors (Lipinski definition) is 3. The fourth-order valence-corrected chi connectivity index (χ4v) is 8.67. The van der Waals surface area contributed by atoms with Crippen molar-refractivity contribution in [3.63, 3.8) is 0 Å². The van der Waals surface area contributed by atoms with Crippen LogP contribution in [0, 0.1) is 17.3 Å². The maximum Gasteiger partial charge on any atom is 0.228 e. The van der Waals surface area contributed by atoms with Gasteiger partial charge in [-0.1, -0.05) is 22.0 Å². The first-order valence-corrected chi connectivity index (χ1v) is 11.4. The van der Waals surface area contributed by atoms with E-state index in [4.69, 9.17) is 0 Å². The summed E-state index contributed by atoms with van der Waals surface area (Å²) in [5, 5.41) is 2.15. The highest BCUT2D eigenvalue weighted by Gasteiger charge is 2.60. The number of carbonyl (C=O) groups excluding carboxylic acids is 1. The van der Waals surface area contributed by atoms with E-state index in [9.17, 15) is 4.79 Å². The van der Waals surface area contributed by atoms with Crippen LogP contribution in [0.1, 0.15) is 43.4 Å². The molecule has 2 atom stereocenters. The number of carbonyl (C=O) groups is 1. The Hall–Kier alpha value is -0.390. The molecule has 4 aliphatic carbocycles. The molecule has 0 radical (unpaired) electrons. The zero-order valence-corrected chi connectivity index (χ0v) is 17.2. The van der Waals surface area contributed by atoms with Crippen LogP contribution in [-0.4, -0.2) is 46.2 Å². The summed E-state index contributed by atoms with van der Waals surface area (Å²) in [4.78, 5) is 19.6. The molecule has 2 unspecified atom stereocenters. The fraction of sp³-hybridized carbons (Fsp3) is 0.750. The summed E-state index contributed by atoms with van der Waals surface area (Å²) in [7, 11) is 0. The average molecular weight is 423 g/mol. The van der Waals surface area contributed by atoms with Gasteiger partial charge in [-0.2, -0.15) is 0 Å². The minimum atomic E-state index is -0.0382. The largest absolute Gasteiger partial charge is 0.340 e. The monoisotopic (exact) mass is 422 g/mol. The third-order valence-corrected chi connectivity index (χ3v) is 8.85. The molecule has 1 aromatic heterocycles. The molecule has 1 aromatic rings. The number of hydrogen-bond donors (Lipinski definition) is 0. The van der Waals surface area contributed by atoms with Crippen molar-refractivity contribution in [1.29, 1.82) is 0 Å². The van der Waals surface area contributed by atoms with Crippen molar-refractivity contribution in [2.45, 2.75) is 49.4 Å². The van der Waals surface area contributed by atoms with Crippen molar-refractivity contribution in [1.82, 2.24) is 9.80 Å². The third-order valence-electron chi connectivity index (χ3n) is 7.06. The van der Waals surface area contributed by atoms with Crippen LogP contribution in [-0.2, 0) is 11.3 Å². The van der Waals surface area contributed by atoms with E-state index in [2.05, 4.69) is 43.2 Å². The van der Waals surface area contributed by atoms with Crippen molar-refractivity contribution in [3.05, 3.63) is 22.4 Å². The summed E-state index contributed by atoms with van der Waals surface area (Å²) < 4.78 is 0.272. The van der Waals surface area contributed by atoms with Crippen LogP contribution < -0.4 is 0 Å². The molecule has 4 saturated carbocycles. The van der Waals surface area contributed by atoms with Gasteiger partial charge >= 0.3 is 0 Å². The van der Waals surface area contributed by atoms with E-state index in [1.165, 1.54) is 24.1 Å². The van der Waals surface area contributed by atoms with Crippen LogP contribution in [0.2, 0.25) is 0 Å². The molecule has 1 saturated heterocycles. The van der Waals surface area contributed by atoms with E-state index in [-0.39, 0.29) is 9.74 Å². The molecule has 1 amide bonds. The van der Waals surface area contributed by atoms with Crippen LogP contribution in [0.25, 0.3) is 0 Å². The Morgan fingerprint density at radius 3 is 2.48 bits per heavy atom. The van der Waals surface area contributed by atoms with E-state index >= 15 is 0 Å². The Kier molecular flexibility index (Phi) is 4.07. The molecule has 5 fully saturated rings. The second-order valence-electron chi connectivity index (χ2n) is 9.04. The van der Waals surface area contributed by atoms with E-state index < -0.39 is 0 Å². The quantitative estimate of drug-likeness (QED) is 0.683. The summed E-state index contributed by atoms with van der Waals surface area (Å²) in [6.07, 6.45) is 7.37. The zero-order valence-electron chi connectivity index (χ0n) is 14.8. The number of amides is 1. The Bertz CT molecular complexity index is 639. The Morgan fingerprint density at radius 1 is 1.16 bits per heavy atom. The van der Waals surface area contributed by atoms with Crippen molar-refractivity contribution >= 4 is 33.2 Å². The van der Waals surface area contributed by atoms with Crippen LogP contribution in [0.4, 0.5) is 0 Å². The molecule has 136 valence electrons. The Morgan fingerprint density at radius 2 is 1.88 bits per heavy atom. The maximum atomic E-state index is 13.5. The van der Waals surface area contributed by atoms with Gasteiger partial charge in [0.2, 0.25) is 5.91 Å². The standard InChI is InChI=1S/C20H27BrN2OS/c21-20-11-15-8-16(12-20)10-19(9-15,14-20)18(24)23-5-3-22(4-6-23)13-17-2-1-7-25-17/h1-2,7,15-16H,3-6,8-14H2. The zero-order chi connectivity index (χ0) is 17.1. The van der Waals surface area contributed by atoms with E-state index in [1.54, 1.807) is 0 Å². The number of alkyl halides is 1.